The molecule has 0 amide bonds. The van der Waals surface area contributed by atoms with Crippen molar-refractivity contribution in [2.24, 2.45) is 4.99 Å². The third-order valence-corrected chi connectivity index (χ3v) is 9.85. The monoisotopic (exact) mass is 641 g/mol. The van der Waals surface area contributed by atoms with Crippen molar-refractivity contribution in [1.82, 2.24) is 9.88 Å². The average molecular weight is 642 g/mol. The van der Waals surface area contributed by atoms with E-state index in [2.05, 4.69) is 174 Å². The van der Waals surface area contributed by atoms with Gasteiger partial charge in [-0.25, -0.2) is 0 Å². The molecule has 2 aromatic heterocycles. The number of hydrogen-bond donors (Lipinski definition) is 1. The second-order valence-electron chi connectivity index (χ2n) is 12.8. The van der Waals surface area contributed by atoms with Gasteiger partial charge in [0, 0.05) is 32.8 Å². The molecule has 1 aliphatic heterocycles. The van der Waals surface area contributed by atoms with Crippen LogP contribution in [0.4, 0.5) is 0 Å². The molecule has 3 heterocycles. The fraction of sp³-hybridized carbons (Fsp3) is 0.0217. The minimum absolute atomic E-state index is 0.298. The molecular weight excluding hydrogens is 611 g/mol. The van der Waals surface area contributed by atoms with Gasteiger partial charge in [-0.2, -0.15) is 0 Å². The van der Waals surface area contributed by atoms with Crippen molar-refractivity contribution in [2.75, 3.05) is 0 Å². The SMILES string of the molecule is C1=C(c2ccc(-c3ccccc3)cc2)NC(c2ccc3c(c2)oc2c(-n4c5ccccc5c5ccccc54)cccc23)N=C1c1ccccc1. The van der Waals surface area contributed by atoms with Crippen LogP contribution in [0.1, 0.15) is 22.9 Å². The van der Waals surface area contributed by atoms with Crippen molar-refractivity contribution < 1.29 is 4.42 Å². The van der Waals surface area contributed by atoms with Gasteiger partial charge in [0.25, 0.3) is 0 Å². The van der Waals surface area contributed by atoms with Crippen LogP contribution in [0.25, 0.3) is 66.3 Å². The molecule has 10 rings (SSSR count). The summed E-state index contributed by atoms with van der Waals surface area (Å²) in [5, 5.41) is 8.38. The van der Waals surface area contributed by atoms with Crippen LogP contribution in [0.5, 0.6) is 0 Å². The highest BCUT2D eigenvalue weighted by atomic mass is 16.3. The van der Waals surface area contributed by atoms with Gasteiger partial charge in [-0.05, 0) is 52.6 Å². The van der Waals surface area contributed by atoms with Gasteiger partial charge in [0.15, 0.2) is 5.58 Å². The van der Waals surface area contributed by atoms with E-state index < -0.39 is 0 Å². The summed E-state index contributed by atoms with van der Waals surface area (Å²) in [5.74, 6) is 0. The van der Waals surface area contributed by atoms with Crippen LogP contribution in [0.2, 0.25) is 0 Å². The van der Waals surface area contributed by atoms with Crippen LogP contribution >= 0.6 is 0 Å². The molecule has 0 saturated carbocycles. The van der Waals surface area contributed by atoms with Crippen LogP contribution in [0, 0.1) is 0 Å². The minimum Gasteiger partial charge on any atom is -0.454 e. The van der Waals surface area contributed by atoms with Crippen molar-refractivity contribution in [1.29, 1.82) is 0 Å². The Morgan fingerprint density at radius 3 is 1.82 bits per heavy atom. The molecule has 7 aromatic carbocycles. The Balaban J connectivity index is 1.08. The molecule has 1 N–H and O–H groups in total. The van der Waals surface area contributed by atoms with Gasteiger partial charge < -0.3 is 14.3 Å². The fourth-order valence-corrected chi connectivity index (χ4v) is 7.43. The quantitative estimate of drug-likeness (QED) is 0.203. The van der Waals surface area contributed by atoms with E-state index in [1.165, 1.54) is 21.9 Å². The van der Waals surface area contributed by atoms with Crippen molar-refractivity contribution in [3.05, 3.63) is 193 Å². The van der Waals surface area contributed by atoms with Crippen LogP contribution in [0.3, 0.4) is 0 Å². The van der Waals surface area contributed by atoms with E-state index in [0.29, 0.717) is 0 Å². The van der Waals surface area contributed by atoms with Crippen molar-refractivity contribution in [3.63, 3.8) is 0 Å². The average Bonchev–Trinajstić information content (AvgIpc) is 3.74. The Morgan fingerprint density at radius 1 is 0.500 bits per heavy atom. The number of rotatable bonds is 5. The molecule has 0 fully saturated rings. The normalized spacial score (nSPS) is 14.6. The number of benzene rings is 7. The molecule has 0 radical (unpaired) electrons. The lowest BCUT2D eigenvalue weighted by atomic mass is 9.99. The van der Waals surface area contributed by atoms with Gasteiger partial charge >= 0.3 is 0 Å². The van der Waals surface area contributed by atoms with E-state index in [-0.39, 0.29) is 6.17 Å². The highest BCUT2D eigenvalue weighted by Gasteiger charge is 2.22. The Hall–Kier alpha value is -6.65. The number of para-hydroxylation sites is 3. The summed E-state index contributed by atoms with van der Waals surface area (Å²) >= 11 is 0. The first-order valence-corrected chi connectivity index (χ1v) is 17.0. The Labute approximate surface area is 289 Å². The molecule has 1 atom stereocenters. The summed E-state index contributed by atoms with van der Waals surface area (Å²) in [6.45, 7) is 0. The smallest absolute Gasteiger partial charge is 0.159 e. The van der Waals surface area contributed by atoms with Gasteiger partial charge in [0.1, 0.15) is 11.7 Å². The first kappa shape index (κ1) is 28.4. The first-order valence-electron chi connectivity index (χ1n) is 17.0. The fourth-order valence-electron chi connectivity index (χ4n) is 7.43. The first-order chi connectivity index (χ1) is 24.8. The van der Waals surface area contributed by atoms with Crippen molar-refractivity contribution >= 4 is 55.2 Å². The second kappa shape index (κ2) is 11.5. The molecule has 0 bridgehead atoms. The molecule has 0 aliphatic carbocycles. The zero-order valence-corrected chi connectivity index (χ0v) is 27.1. The maximum atomic E-state index is 6.80. The zero-order valence-electron chi connectivity index (χ0n) is 27.1. The summed E-state index contributed by atoms with van der Waals surface area (Å²) in [5.41, 5.74) is 12.7. The van der Waals surface area contributed by atoms with Crippen LogP contribution in [-0.2, 0) is 0 Å². The number of aromatic nitrogens is 1. The highest BCUT2D eigenvalue weighted by molar-refractivity contribution is 6.14. The standard InChI is InChI=1S/C46H31N3O/c1-3-12-30(13-4-1)31-22-24-33(25-23-31)40-29-39(32-14-5-2-6-15-32)47-46(48-40)34-26-27-37-38-18-11-21-43(45(38)50-44(37)28-34)49-41-19-9-7-16-35(41)36-17-8-10-20-42(36)49/h1-29,46,48H. The second-order valence-corrected chi connectivity index (χ2v) is 12.8. The maximum absolute atomic E-state index is 6.80. The van der Waals surface area contributed by atoms with E-state index in [9.17, 15) is 0 Å². The van der Waals surface area contributed by atoms with E-state index in [1.54, 1.807) is 0 Å². The largest absolute Gasteiger partial charge is 0.454 e. The van der Waals surface area contributed by atoms with Crippen molar-refractivity contribution in [3.8, 4) is 16.8 Å². The number of nitrogens with one attached hydrogen (secondary N) is 1. The number of furan rings is 1. The van der Waals surface area contributed by atoms with E-state index >= 15 is 0 Å². The zero-order chi connectivity index (χ0) is 33.0. The Bertz CT molecular complexity index is 2720. The van der Waals surface area contributed by atoms with Gasteiger partial charge in [0.2, 0.25) is 0 Å². The summed E-state index contributed by atoms with van der Waals surface area (Å²) in [4.78, 5) is 5.23. The van der Waals surface area contributed by atoms with Crippen LogP contribution in [-0.4, -0.2) is 10.3 Å². The van der Waals surface area contributed by atoms with Gasteiger partial charge in [-0.15, -0.1) is 0 Å². The minimum atomic E-state index is -0.298. The summed E-state index contributed by atoms with van der Waals surface area (Å²) in [6.07, 6.45) is 1.86. The molecule has 0 saturated heterocycles. The summed E-state index contributed by atoms with van der Waals surface area (Å²) < 4.78 is 9.13. The third kappa shape index (κ3) is 4.65. The number of hydrogen-bond acceptors (Lipinski definition) is 3. The summed E-state index contributed by atoms with van der Waals surface area (Å²) in [6, 6.07) is 59.7. The molecule has 236 valence electrons. The van der Waals surface area contributed by atoms with Gasteiger partial charge in [-0.3, -0.25) is 4.99 Å². The van der Waals surface area contributed by atoms with Crippen molar-refractivity contribution in [2.45, 2.75) is 6.17 Å². The molecule has 50 heavy (non-hydrogen) atoms. The number of fused-ring (bicyclic) bond motifs is 6. The number of nitrogens with zero attached hydrogens (tertiary/aromatic N) is 2. The predicted molar refractivity (Wildman–Crippen MR) is 207 cm³/mol. The van der Waals surface area contributed by atoms with E-state index in [0.717, 1.165) is 66.8 Å². The number of allylic oxidation sites excluding steroid dienone is 1. The lowest BCUT2D eigenvalue weighted by molar-refractivity contribution is 0.649. The van der Waals surface area contributed by atoms with Crippen LogP contribution < -0.4 is 5.32 Å². The van der Waals surface area contributed by atoms with E-state index in [1.807, 2.05) is 12.1 Å². The molecule has 1 unspecified atom stereocenters. The lowest BCUT2D eigenvalue weighted by Crippen LogP contribution is -2.24. The molecular formula is C46H31N3O. The lowest BCUT2D eigenvalue weighted by Gasteiger charge is -2.25. The number of aliphatic imine (C=N–C) groups is 1. The summed E-state index contributed by atoms with van der Waals surface area (Å²) in [7, 11) is 0. The topological polar surface area (TPSA) is 42.5 Å². The molecule has 1 aliphatic rings. The van der Waals surface area contributed by atoms with Crippen LogP contribution in [0.15, 0.2) is 185 Å². The molecule has 9 aromatic rings. The Morgan fingerprint density at radius 2 is 1.10 bits per heavy atom. The highest BCUT2D eigenvalue weighted by Crippen LogP contribution is 2.39. The third-order valence-electron chi connectivity index (χ3n) is 9.85. The molecule has 0 spiro atoms. The van der Waals surface area contributed by atoms with Gasteiger partial charge in [0.05, 0.1) is 22.4 Å². The predicted octanol–water partition coefficient (Wildman–Crippen LogP) is 11.5. The van der Waals surface area contributed by atoms with E-state index in [4.69, 9.17) is 9.41 Å². The maximum Gasteiger partial charge on any atom is 0.159 e. The molecule has 4 nitrogen and oxygen atoms in total. The Kier molecular flexibility index (Phi) is 6.53. The van der Waals surface area contributed by atoms with Gasteiger partial charge in [-0.1, -0.05) is 146 Å². The molecule has 4 heteroatoms.